The Kier molecular flexibility index (Phi) is 2.37. The van der Waals surface area contributed by atoms with E-state index in [1.165, 1.54) is 16.7 Å². The monoisotopic (exact) mass is 268 g/mol. The number of fused-ring (bicyclic) bond motifs is 1. The molecule has 8 heteroatoms. The molecule has 18 heavy (non-hydrogen) atoms. The topological polar surface area (TPSA) is 88.3 Å². The number of carbonyl (C=O) groups is 2. The number of carboxylic acid groups (broad SMARTS) is 1. The van der Waals surface area contributed by atoms with Crippen molar-refractivity contribution in [3.8, 4) is 0 Å². The number of aromatic nitrogens is 3. The number of amides is 1. The fraction of sp³-hybridized carbons (Fsp3) is 0.600. The molecule has 1 amide bonds. The largest absolute Gasteiger partial charge is 0.480 e. The lowest BCUT2D eigenvalue weighted by molar-refractivity contribution is -0.157. The lowest BCUT2D eigenvalue weighted by Crippen LogP contribution is -2.58. The van der Waals surface area contributed by atoms with Gasteiger partial charge in [-0.1, -0.05) is 5.21 Å². The first-order valence-electron chi connectivity index (χ1n) is 5.57. The number of nitrogens with zero attached hydrogens (tertiary/aromatic N) is 4. The van der Waals surface area contributed by atoms with Gasteiger partial charge < -0.3 is 10.0 Å². The van der Waals surface area contributed by atoms with Crippen molar-refractivity contribution in [1.82, 2.24) is 19.9 Å². The first-order chi connectivity index (χ1) is 8.51. The number of thioether (sulfide) groups is 1. The molecule has 0 saturated carbocycles. The van der Waals surface area contributed by atoms with Gasteiger partial charge in [-0.15, -0.1) is 16.9 Å². The fourth-order valence-electron chi connectivity index (χ4n) is 2.62. The molecule has 1 aromatic heterocycles. The van der Waals surface area contributed by atoms with E-state index in [-0.39, 0.29) is 11.3 Å². The summed E-state index contributed by atoms with van der Waals surface area (Å²) < 4.78 is 1.04. The summed E-state index contributed by atoms with van der Waals surface area (Å²) in [6.45, 7) is 2.29. The van der Waals surface area contributed by atoms with Crippen LogP contribution in [0.5, 0.6) is 0 Å². The molecule has 2 aliphatic heterocycles. The third-order valence-electron chi connectivity index (χ3n) is 3.39. The van der Waals surface area contributed by atoms with Crippen LogP contribution < -0.4 is 0 Å². The van der Waals surface area contributed by atoms with Crippen molar-refractivity contribution in [2.45, 2.75) is 36.1 Å². The van der Waals surface area contributed by atoms with Crippen LogP contribution in [0.4, 0.5) is 0 Å². The molecular formula is C10H12N4O3S. The molecular weight excluding hydrogens is 256 g/mol. The van der Waals surface area contributed by atoms with Gasteiger partial charge in [0.2, 0.25) is 5.91 Å². The zero-order valence-corrected chi connectivity index (χ0v) is 10.5. The highest BCUT2D eigenvalue weighted by molar-refractivity contribution is 8.01. The first kappa shape index (κ1) is 11.5. The molecule has 2 aliphatic rings. The molecule has 2 fully saturated rings. The molecule has 0 spiro atoms. The Hall–Kier alpha value is -1.57. The lowest BCUT2D eigenvalue weighted by Gasteiger charge is -2.36. The maximum Gasteiger partial charge on any atom is 0.327 e. The predicted molar refractivity (Wildman–Crippen MR) is 62.7 cm³/mol. The standard InChI is InChI=1S/C10H12N4O3S/c1-10(5-13-3-2-11-12-13)8(9(16)17)14-6(15)4-7(14)18-10/h2-3,7-8H,4-5H2,1H3,(H,16,17)/t7?,8-,10?/m0/s1. The Morgan fingerprint density at radius 1 is 1.72 bits per heavy atom. The maximum atomic E-state index is 11.5. The zero-order valence-electron chi connectivity index (χ0n) is 9.68. The van der Waals surface area contributed by atoms with Gasteiger partial charge in [-0.05, 0) is 6.92 Å². The molecule has 3 heterocycles. The van der Waals surface area contributed by atoms with Crippen molar-refractivity contribution in [3.05, 3.63) is 12.4 Å². The minimum Gasteiger partial charge on any atom is -0.480 e. The molecule has 1 N–H and O–H groups in total. The van der Waals surface area contributed by atoms with Crippen LogP contribution in [0, 0.1) is 0 Å². The molecule has 96 valence electrons. The highest BCUT2D eigenvalue weighted by Gasteiger charge is 2.60. The minimum absolute atomic E-state index is 0.00729. The van der Waals surface area contributed by atoms with Gasteiger partial charge in [0.05, 0.1) is 29.3 Å². The Morgan fingerprint density at radius 3 is 3.06 bits per heavy atom. The van der Waals surface area contributed by atoms with Crippen LogP contribution in [0.1, 0.15) is 13.3 Å². The second-order valence-electron chi connectivity index (χ2n) is 4.73. The van der Waals surface area contributed by atoms with Crippen LogP contribution in [-0.2, 0) is 16.1 Å². The number of rotatable bonds is 3. The van der Waals surface area contributed by atoms with E-state index < -0.39 is 16.8 Å². The summed E-state index contributed by atoms with van der Waals surface area (Å²) in [4.78, 5) is 24.4. The number of carbonyl (C=O) groups excluding carboxylic acids is 1. The third-order valence-corrected chi connectivity index (χ3v) is 4.95. The van der Waals surface area contributed by atoms with Crippen LogP contribution in [0.25, 0.3) is 0 Å². The molecule has 0 radical (unpaired) electrons. The van der Waals surface area contributed by atoms with E-state index in [1.807, 2.05) is 6.92 Å². The SMILES string of the molecule is CC1(Cn2ccnn2)SC2CC(=O)N2[C@H]1C(=O)O. The van der Waals surface area contributed by atoms with Crippen molar-refractivity contribution in [1.29, 1.82) is 0 Å². The summed E-state index contributed by atoms with van der Waals surface area (Å²) in [5.41, 5.74) is 0. The van der Waals surface area contributed by atoms with Crippen molar-refractivity contribution >= 4 is 23.6 Å². The number of carboxylic acids is 1. The van der Waals surface area contributed by atoms with E-state index >= 15 is 0 Å². The molecule has 0 aliphatic carbocycles. The van der Waals surface area contributed by atoms with Gasteiger partial charge in [0.1, 0.15) is 6.04 Å². The van der Waals surface area contributed by atoms with Crippen LogP contribution in [-0.4, -0.2) is 53.0 Å². The Labute approximate surface area is 107 Å². The fourth-order valence-corrected chi connectivity index (χ4v) is 4.37. The Bertz CT molecular complexity index is 505. The van der Waals surface area contributed by atoms with Crippen molar-refractivity contribution in [3.63, 3.8) is 0 Å². The van der Waals surface area contributed by atoms with Gasteiger partial charge in [-0.3, -0.25) is 9.48 Å². The third kappa shape index (κ3) is 1.52. The molecule has 7 nitrogen and oxygen atoms in total. The summed E-state index contributed by atoms with van der Waals surface area (Å²) in [5, 5.41) is 16.9. The zero-order chi connectivity index (χ0) is 12.9. The molecule has 1 aromatic rings. The van der Waals surface area contributed by atoms with Gasteiger partial charge in [0.15, 0.2) is 0 Å². The van der Waals surface area contributed by atoms with Crippen LogP contribution in [0.3, 0.4) is 0 Å². The van der Waals surface area contributed by atoms with Crippen molar-refractivity contribution in [2.24, 2.45) is 0 Å². The van der Waals surface area contributed by atoms with E-state index in [0.29, 0.717) is 13.0 Å². The highest BCUT2D eigenvalue weighted by atomic mass is 32.2. The van der Waals surface area contributed by atoms with Gasteiger partial charge in [-0.25, -0.2) is 4.79 Å². The normalized spacial score (nSPS) is 34.3. The van der Waals surface area contributed by atoms with Crippen molar-refractivity contribution < 1.29 is 14.7 Å². The smallest absolute Gasteiger partial charge is 0.327 e. The molecule has 0 bridgehead atoms. The Balaban J connectivity index is 1.90. The number of aliphatic carboxylic acids is 1. The molecule has 2 unspecified atom stereocenters. The van der Waals surface area contributed by atoms with E-state index in [2.05, 4.69) is 10.3 Å². The van der Waals surface area contributed by atoms with E-state index in [9.17, 15) is 14.7 Å². The van der Waals surface area contributed by atoms with E-state index in [4.69, 9.17) is 0 Å². The number of hydrogen-bond acceptors (Lipinski definition) is 5. The number of hydrogen-bond donors (Lipinski definition) is 1. The quantitative estimate of drug-likeness (QED) is 0.763. The van der Waals surface area contributed by atoms with Gasteiger partial charge in [0.25, 0.3) is 0 Å². The van der Waals surface area contributed by atoms with Gasteiger partial charge in [0, 0.05) is 6.20 Å². The summed E-state index contributed by atoms with van der Waals surface area (Å²) >= 11 is 1.54. The average molecular weight is 268 g/mol. The molecule has 3 atom stereocenters. The summed E-state index contributed by atoms with van der Waals surface area (Å²) in [5.74, 6) is -1.04. The lowest BCUT2D eigenvalue weighted by atomic mass is 9.96. The van der Waals surface area contributed by atoms with Crippen LogP contribution in [0.15, 0.2) is 12.4 Å². The van der Waals surface area contributed by atoms with Gasteiger partial charge >= 0.3 is 5.97 Å². The summed E-state index contributed by atoms with van der Waals surface area (Å²) in [7, 11) is 0. The predicted octanol–water partition coefficient (Wildman–Crippen LogP) is -0.205. The van der Waals surface area contributed by atoms with E-state index in [1.54, 1.807) is 17.1 Å². The van der Waals surface area contributed by atoms with Crippen LogP contribution >= 0.6 is 11.8 Å². The second kappa shape index (κ2) is 3.71. The van der Waals surface area contributed by atoms with E-state index in [0.717, 1.165) is 0 Å². The molecule has 3 rings (SSSR count). The van der Waals surface area contributed by atoms with Crippen LogP contribution in [0.2, 0.25) is 0 Å². The maximum absolute atomic E-state index is 11.5. The number of β-lactam (4-membered cyclic amide) rings is 1. The summed E-state index contributed by atoms with van der Waals surface area (Å²) in [6, 6.07) is -0.794. The highest BCUT2D eigenvalue weighted by Crippen LogP contribution is 2.51. The minimum atomic E-state index is -0.958. The second-order valence-corrected chi connectivity index (χ2v) is 6.44. The average Bonchev–Trinajstić information content (AvgIpc) is 2.83. The molecule has 2 saturated heterocycles. The molecule has 0 aromatic carbocycles. The summed E-state index contributed by atoms with van der Waals surface area (Å²) in [6.07, 6.45) is 3.68. The van der Waals surface area contributed by atoms with Gasteiger partial charge in [-0.2, -0.15) is 0 Å². The Morgan fingerprint density at radius 2 is 2.50 bits per heavy atom. The van der Waals surface area contributed by atoms with Crippen molar-refractivity contribution in [2.75, 3.05) is 0 Å². The first-order valence-corrected chi connectivity index (χ1v) is 6.45.